The number of para-hydroxylation sites is 1. The van der Waals surface area contributed by atoms with Crippen molar-refractivity contribution in [3.05, 3.63) is 77.9 Å². The van der Waals surface area contributed by atoms with E-state index in [0.29, 0.717) is 0 Å². The van der Waals surface area contributed by atoms with Gasteiger partial charge in [0.2, 0.25) is 11.2 Å². The van der Waals surface area contributed by atoms with Crippen molar-refractivity contribution in [2.75, 3.05) is 0 Å². The van der Waals surface area contributed by atoms with Gasteiger partial charge in [-0.15, -0.1) is 0 Å². The van der Waals surface area contributed by atoms with Crippen molar-refractivity contribution < 1.29 is 4.57 Å². The summed E-state index contributed by atoms with van der Waals surface area (Å²) in [4.78, 5) is 4.50. The third kappa shape index (κ3) is 1.72. The van der Waals surface area contributed by atoms with Crippen LogP contribution < -0.4 is 4.57 Å². The Balaban J connectivity index is 1.82. The first-order valence-electron chi connectivity index (χ1n) is 8.27. The molecule has 0 spiro atoms. The van der Waals surface area contributed by atoms with Gasteiger partial charge in [-0.05, 0) is 36.2 Å². The molecule has 2 aromatic heterocycles. The van der Waals surface area contributed by atoms with Gasteiger partial charge in [0.05, 0.1) is 11.3 Å². The van der Waals surface area contributed by atoms with E-state index in [1.165, 1.54) is 39.0 Å². The van der Waals surface area contributed by atoms with E-state index in [-0.39, 0.29) is 0 Å². The van der Waals surface area contributed by atoms with Crippen LogP contribution in [0.4, 0.5) is 0 Å². The monoisotopic (exact) mass is 312 g/mol. The third-order valence-electron chi connectivity index (χ3n) is 5.14. The largest absolute Gasteiger partial charge is 0.303 e. The van der Waals surface area contributed by atoms with Crippen LogP contribution in [-0.4, -0.2) is 9.55 Å². The van der Waals surface area contributed by atoms with Crippen LogP contribution in [0.15, 0.2) is 60.9 Å². The van der Waals surface area contributed by atoms with E-state index >= 15 is 0 Å². The second-order valence-corrected chi connectivity index (χ2v) is 6.48. The summed E-state index contributed by atoms with van der Waals surface area (Å²) in [7, 11) is 2.16. The molecule has 3 heteroatoms. The topological polar surface area (TPSA) is 21.7 Å². The number of nitrogens with zero attached hydrogens (tertiary/aromatic N) is 3. The van der Waals surface area contributed by atoms with Gasteiger partial charge >= 0.3 is 0 Å². The first-order valence-corrected chi connectivity index (χ1v) is 8.27. The normalized spacial score (nSPS) is 12.4. The zero-order chi connectivity index (χ0) is 16.3. The number of fused-ring (bicyclic) bond motifs is 4. The van der Waals surface area contributed by atoms with Gasteiger partial charge in [-0.25, -0.2) is 4.98 Å². The number of imidazole rings is 1. The minimum atomic E-state index is 0.895. The molecular formula is C21H18N3+. The molecule has 2 aromatic carbocycles. The minimum absolute atomic E-state index is 0.895. The molecule has 1 aliphatic heterocycles. The van der Waals surface area contributed by atoms with Gasteiger partial charge in [-0.1, -0.05) is 18.2 Å². The van der Waals surface area contributed by atoms with Crippen LogP contribution in [0.1, 0.15) is 17.0 Å². The molecule has 0 bridgehead atoms. The highest BCUT2D eigenvalue weighted by Crippen LogP contribution is 2.36. The van der Waals surface area contributed by atoms with Gasteiger partial charge in [0.1, 0.15) is 12.9 Å². The van der Waals surface area contributed by atoms with Crippen molar-refractivity contribution >= 4 is 10.9 Å². The van der Waals surface area contributed by atoms with Gasteiger partial charge in [-0.3, -0.25) is 0 Å². The Hall–Kier alpha value is -2.94. The number of rotatable bonds is 1. The predicted octanol–water partition coefficient (Wildman–Crippen LogP) is 3.73. The molecule has 0 N–H and O–H groups in total. The van der Waals surface area contributed by atoms with Crippen molar-refractivity contribution in [2.24, 2.45) is 7.05 Å². The highest BCUT2D eigenvalue weighted by atomic mass is 15.1. The molecule has 0 fully saturated rings. The average Bonchev–Trinajstić information content (AvgIpc) is 3.17. The van der Waals surface area contributed by atoms with Crippen LogP contribution in [-0.2, 0) is 13.5 Å². The molecular weight excluding hydrogens is 294 g/mol. The number of hydrogen-bond donors (Lipinski definition) is 0. The molecule has 0 saturated carbocycles. The highest BCUT2D eigenvalue weighted by Gasteiger charge is 2.27. The Kier molecular flexibility index (Phi) is 2.69. The fourth-order valence-electron chi connectivity index (χ4n) is 3.95. The fraction of sp³-hybridized carbons (Fsp3) is 0.143. The summed E-state index contributed by atoms with van der Waals surface area (Å²) in [6.07, 6.45) is 4.83. The maximum absolute atomic E-state index is 4.50. The Labute approximate surface area is 140 Å². The highest BCUT2D eigenvalue weighted by molar-refractivity contribution is 5.79. The summed E-state index contributed by atoms with van der Waals surface area (Å²) < 4.78 is 4.51. The van der Waals surface area contributed by atoms with E-state index in [1.54, 1.807) is 0 Å². The van der Waals surface area contributed by atoms with E-state index in [9.17, 15) is 0 Å². The quantitative estimate of drug-likeness (QED) is 0.432. The lowest BCUT2D eigenvalue weighted by Crippen LogP contribution is -2.32. The Bertz CT molecular complexity index is 1110. The molecule has 116 valence electrons. The molecule has 4 aromatic rings. The lowest BCUT2D eigenvalue weighted by Gasteiger charge is -2.12. The van der Waals surface area contributed by atoms with Crippen LogP contribution in [0.5, 0.6) is 0 Å². The molecule has 0 atom stereocenters. The predicted molar refractivity (Wildman–Crippen MR) is 95.2 cm³/mol. The summed E-state index contributed by atoms with van der Waals surface area (Å²) in [5.41, 5.74) is 7.80. The second-order valence-electron chi connectivity index (χ2n) is 6.48. The lowest BCUT2D eigenvalue weighted by atomic mass is 9.95. The summed E-state index contributed by atoms with van der Waals surface area (Å²) >= 11 is 0. The maximum atomic E-state index is 4.50. The summed E-state index contributed by atoms with van der Waals surface area (Å²) in [5.74, 6) is 1.13. The lowest BCUT2D eigenvalue weighted by molar-refractivity contribution is -0.633. The molecule has 0 saturated heterocycles. The summed E-state index contributed by atoms with van der Waals surface area (Å²) in [5, 5.41) is 1.27. The average molecular weight is 312 g/mol. The second kappa shape index (κ2) is 4.78. The first kappa shape index (κ1) is 13.5. The first-order chi connectivity index (χ1) is 11.7. The summed E-state index contributed by atoms with van der Waals surface area (Å²) in [6.45, 7) is 2.20. The van der Waals surface area contributed by atoms with Gasteiger partial charge in [0, 0.05) is 36.3 Å². The van der Waals surface area contributed by atoms with E-state index in [0.717, 1.165) is 12.2 Å². The third-order valence-corrected chi connectivity index (χ3v) is 5.14. The van der Waals surface area contributed by atoms with Crippen molar-refractivity contribution in [1.29, 1.82) is 0 Å². The van der Waals surface area contributed by atoms with E-state index in [1.807, 2.05) is 6.20 Å². The van der Waals surface area contributed by atoms with Crippen molar-refractivity contribution in [3.63, 3.8) is 0 Å². The summed E-state index contributed by atoms with van der Waals surface area (Å²) in [6, 6.07) is 17.4. The van der Waals surface area contributed by atoms with Crippen LogP contribution in [0.2, 0.25) is 0 Å². The smallest absolute Gasteiger partial charge is 0.213 e. The van der Waals surface area contributed by atoms with Gasteiger partial charge in [-0.2, -0.15) is 4.57 Å². The zero-order valence-electron chi connectivity index (χ0n) is 13.8. The zero-order valence-corrected chi connectivity index (χ0v) is 13.8. The van der Waals surface area contributed by atoms with Crippen molar-refractivity contribution in [3.8, 4) is 16.9 Å². The molecule has 24 heavy (non-hydrogen) atoms. The number of hydrogen-bond acceptors (Lipinski definition) is 1. The molecule has 0 aliphatic carbocycles. The number of aryl methyl sites for hydroxylation is 2. The minimum Gasteiger partial charge on any atom is -0.303 e. The van der Waals surface area contributed by atoms with E-state index < -0.39 is 0 Å². The Morgan fingerprint density at radius 2 is 1.92 bits per heavy atom. The van der Waals surface area contributed by atoms with Crippen LogP contribution in [0.3, 0.4) is 0 Å². The van der Waals surface area contributed by atoms with Crippen molar-refractivity contribution in [2.45, 2.75) is 13.3 Å². The number of benzene rings is 2. The molecule has 0 unspecified atom stereocenters. The van der Waals surface area contributed by atoms with Crippen LogP contribution in [0.25, 0.3) is 27.8 Å². The Morgan fingerprint density at radius 1 is 1.04 bits per heavy atom. The van der Waals surface area contributed by atoms with Crippen LogP contribution >= 0.6 is 0 Å². The molecule has 3 heterocycles. The molecule has 0 amide bonds. The molecule has 0 radical (unpaired) electrons. The van der Waals surface area contributed by atoms with E-state index in [2.05, 4.69) is 82.8 Å². The van der Waals surface area contributed by atoms with Crippen molar-refractivity contribution in [1.82, 2.24) is 9.55 Å². The van der Waals surface area contributed by atoms with Gasteiger partial charge < -0.3 is 4.57 Å². The Morgan fingerprint density at radius 3 is 2.83 bits per heavy atom. The standard InChI is InChI=1S/C21H18N3/c1-14-7-9-18-16(13-20-22-11-12-24(18)20)21(14)19-10-8-15-5-3-4-6-17(15)23(19)2/h3-12H,13H2,1-2H3/q+1. The van der Waals surface area contributed by atoms with Gasteiger partial charge in [0.15, 0.2) is 0 Å². The number of aromatic nitrogens is 3. The number of pyridine rings is 1. The SMILES string of the molecule is Cc1ccc2c(c1-c1ccc3ccccc3[n+]1C)Cc1nccn1-2. The fourth-order valence-corrected chi connectivity index (χ4v) is 3.95. The van der Waals surface area contributed by atoms with E-state index in [4.69, 9.17) is 0 Å². The molecule has 5 rings (SSSR count). The molecule has 1 aliphatic rings. The molecule has 3 nitrogen and oxygen atoms in total. The van der Waals surface area contributed by atoms with Gasteiger partial charge in [0.25, 0.3) is 0 Å². The maximum Gasteiger partial charge on any atom is 0.213 e. The van der Waals surface area contributed by atoms with Crippen LogP contribution in [0, 0.1) is 6.92 Å².